The first-order valence-electron chi connectivity index (χ1n) is 6.26. The minimum absolute atomic E-state index is 0.522. The molecule has 19 heavy (non-hydrogen) atoms. The Bertz CT molecular complexity index is 693. The first-order valence-corrected chi connectivity index (χ1v) is 8.75. The predicted molar refractivity (Wildman–Crippen MR) is 78.4 cm³/mol. The van der Waals surface area contributed by atoms with E-state index in [-0.39, 0.29) is 0 Å². The predicted octanol–water partition coefficient (Wildman–Crippen LogP) is 2.11. The Hall–Kier alpha value is -0.950. The maximum atomic E-state index is 11.6. The second-order valence-corrected chi connectivity index (χ2v) is 7.55. The van der Waals surface area contributed by atoms with E-state index in [2.05, 4.69) is 17.5 Å². The van der Waals surface area contributed by atoms with Crippen LogP contribution in [-0.4, -0.2) is 25.2 Å². The minimum Gasteiger partial charge on any atom is -0.282 e. The van der Waals surface area contributed by atoms with E-state index in [1.165, 1.54) is 15.6 Å². The fourth-order valence-electron chi connectivity index (χ4n) is 2.72. The topological polar surface area (TPSA) is 63.4 Å². The number of rotatable bonds is 3. The largest absolute Gasteiger partial charge is 0.282 e. The average Bonchev–Trinajstić information content (AvgIpc) is 2.97. The second-order valence-electron chi connectivity index (χ2n) is 4.91. The molecule has 0 saturated carbocycles. The van der Waals surface area contributed by atoms with Crippen molar-refractivity contribution in [1.82, 2.24) is 4.90 Å². The summed E-state index contributed by atoms with van der Waals surface area (Å²) in [4.78, 5) is 1.98. The molecule has 0 amide bonds. The van der Waals surface area contributed by atoms with Gasteiger partial charge in [0.2, 0.25) is 10.0 Å². The van der Waals surface area contributed by atoms with Gasteiger partial charge in [0.05, 0.1) is 0 Å². The van der Waals surface area contributed by atoms with E-state index in [0.29, 0.717) is 13.0 Å². The molecule has 0 bridgehead atoms. The van der Waals surface area contributed by atoms with Gasteiger partial charge in [-0.25, -0.2) is 13.6 Å². The molecule has 4 nitrogen and oxygen atoms in total. The zero-order valence-electron chi connectivity index (χ0n) is 10.5. The SMILES string of the molecule is NS(=O)(=O)C1CCCN1Cc1csc2ccccc12. The molecule has 1 saturated heterocycles. The molecule has 2 N–H and O–H groups in total. The number of nitrogens with zero attached hydrogens (tertiary/aromatic N) is 1. The Morgan fingerprint density at radius 3 is 2.95 bits per heavy atom. The summed E-state index contributed by atoms with van der Waals surface area (Å²) in [6.07, 6.45) is 1.53. The quantitative estimate of drug-likeness (QED) is 0.943. The minimum atomic E-state index is -3.48. The number of sulfonamides is 1. The van der Waals surface area contributed by atoms with Gasteiger partial charge in [-0.1, -0.05) is 18.2 Å². The van der Waals surface area contributed by atoms with E-state index in [1.807, 2.05) is 17.0 Å². The van der Waals surface area contributed by atoms with Crippen LogP contribution in [0.25, 0.3) is 10.1 Å². The van der Waals surface area contributed by atoms with Gasteiger partial charge in [0.15, 0.2) is 0 Å². The van der Waals surface area contributed by atoms with Crippen LogP contribution in [0.5, 0.6) is 0 Å². The highest BCUT2D eigenvalue weighted by atomic mass is 32.2. The van der Waals surface area contributed by atoms with Crippen LogP contribution in [0.3, 0.4) is 0 Å². The molecule has 3 rings (SSSR count). The highest BCUT2D eigenvalue weighted by Crippen LogP contribution is 2.29. The molecular formula is C13H16N2O2S2. The number of hydrogen-bond acceptors (Lipinski definition) is 4. The van der Waals surface area contributed by atoms with Gasteiger partial charge in [-0.05, 0) is 41.8 Å². The fourth-order valence-corrected chi connectivity index (χ4v) is 4.77. The number of fused-ring (bicyclic) bond motifs is 1. The first kappa shape index (κ1) is 13.1. The Kier molecular flexibility index (Phi) is 3.34. The molecule has 2 aromatic rings. The third kappa shape index (κ3) is 2.53. The van der Waals surface area contributed by atoms with E-state index in [9.17, 15) is 8.42 Å². The second kappa shape index (κ2) is 4.86. The molecule has 1 atom stereocenters. The fraction of sp³-hybridized carbons (Fsp3) is 0.385. The normalized spacial score (nSPS) is 21.2. The molecule has 1 aliphatic heterocycles. The molecule has 1 aromatic carbocycles. The third-order valence-corrected chi connectivity index (χ3v) is 5.92. The number of benzene rings is 1. The van der Waals surface area contributed by atoms with Crippen molar-refractivity contribution in [2.24, 2.45) is 5.14 Å². The number of likely N-dealkylation sites (tertiary alicyclic amines) is 1. The third-order valence-electron chi connectivity index (χ3n) is 3.62. The molecule has 0 spiro atoms. The molecule has 102 valence electrons. The van der Waals surface area contributed by atoms with Gasteiger partial charge in [-0.3, -0.25) is 4.90 Å². The van der Waals surface area contributed by atoms with Crippen molar-refractivity contribution in [3.05, 3.63) is 35.2 Å². The van der Waals surface area contributed by atoms with Crippen molar-refractivity contribution in [2.75, 3.05) is 6.54 Å². The van der Waals surface area contributed by atoms with Crippen LogP contribution in [0.15, 0.2) is 29.6 Å². The molecule has 1 aromatic heterocycles. The maximum Gasteiger partial charge on any atom is 0.225 e. The van der Waals surface area contributed by atoms with Crippen LogP contribution < -0.4 is 5.14 Å². The molecule has 2 heterocycles. The van der Waals surface area contributed by atoms with Crippen molar-refractivity contribution in [3.8, 4) is 0 Å². The summed E-state index contributed by atoms with van der Waals surface area (Å²) in [5.74, 6) is 0. The lowest BCUT2D eigenvalue weighted by molar-refractivity contribution is 0.299. The number of nitrogens with two attached hydrogens (primary N) is 1. The molecule has 1 unspecified atom stereocenters. The molecule has 6 heteroatoms. The lowest BCUT2D eigenvalue weighted by Gasteiger charge is -2.22. The van der Waals surface area contributed by atoms with Crippen LogP contribution in [0.2, 0.25) is 0 Å². The summed E-state index contributed by atoms with van der Waals surface area (Å²) < 4.78 is 24.4. The van der Waals surface area contributed by atoms with E-state index >= 15 is 0 Å². The van der Waals surface area contributed by atoms with Crippen molar-refractivity contribution in [3.63, 3.8) is 0 Å². The van der Waals surface area contributed by atoms with Gasteiger partial charge < -0.3 is 0 Å². The Morgan fingerprint density at radius 2 is 2.16 bits per heavy atom. The van der Waals surface area contributed by atoms with Crippen LogP contribution in [-0.2, 0) is 16.6 Å². The van der Waals surface area contributed by atoms with Gasteiger partial charge >= 0.3 is 0 Å². The monoisotopic (exact) mass is 296 g/mol. The lowest BCUT2D eigenvalue weighted by atomic mass is 10.2. The van der Waals surface area contributed by atoms with Gasteiger partial charge in [-0.2, -0.15) is 0 Å². The lowest BCUT2D eigenvalue weighted by Crippen LogP contribution is -2.39. The zero-order valence-corrected chi connectivity index (χ0v) is 12.1. The summed E-state index contributed by atoms with van der Waals surface area (Å²) in [5, 5.41) is 8.11. The summed E-state index contributed by atoms with van der Waals surface area (Å²) in [7, 11) is -3.48. The Balaban J connectivity index is 1.89. The van der Waals surface area contributed by atoms with Gasteiger partial charge in [0.1, 0.15) is 5.37 Å². The van der Waals surface area contributed by atoms with Gasteiger partial charge in [0, 0.05) is 11.2 Å². The highest BCUT2D eigenvalue weighted by Gasteiger charge is 2.33. The zero-order chi connectivity index (χ0) is 13.5. The van der Waals surface area contributed by atoms with Crippen molar-refractivity contribution in [2.45, 2.75) is 24.8 Å². The maximum absolute atomic E-state index is 11.6. The van der Waals surface area contributed by atoms with E-state index in [1.54, 1.807) is 11.3 Å². The average molecular weight is 296 g/mol. The van der Waals surface area contributed by atoms with Crippen LogP contribution >= 0.6 is 11.3 Å². The van der Waals surface area contributed by atoms with E-state index in [0.717, 1.165) is 13.0 Å². The van der Waals surface area contributed by atoms with Crippen molar-refractivity contribution < 1.29 is 8.42 Å². The van der Waals surface area contributed by atoms with Crippen molar-refractivity contribution >= 4 is 31.4 Å². The number of primary sulfonamides is 1. The Labute approximate surface area is 116 Å². The smallest absolute Gasteiger partial charge is 0.225 e. The Morgan fingerprint density at radius 1 is 1.37 bits per heavy atom. The van der Waals surface area contributed by atoms with Crippen LogP contribution in [0, 0.1) is 0 Å². The molecular weight excluding hydrogens is 280 g/mol. The van der Waals surface area contributed by atoms with Crippen molar-refractivity contribution in [1.29, 1.82) is 0 Å². The first-order chi connectivity index (χ1) is 9.05. The van der Waals surface area contributed by atoms with Crippen LogP contribution in [0.1, 0.15) is 18.4 Å². The van der Waals surface area contributed by atoms with Gasteiger partial charge in [0.25, 0.3) is 0 Å². The molecule has 1 aliphatic rings. The number of hydrogen-bond donors (Lipinski definition) is 1. The summed E-state index contributed by atoms with van der Waals surface area (Å²) in [5.41, 5.74) is 1.19. The molecule has 0 radical (unpaired) electrons. The van der Waals surface area contributed by atoms with E-state index < -0.39 is 15.4 Å². The highest BCUT2D eigenvalue weighted by molar-refractivity contribution is 7.89. The summed E-state index contributed by atoms with van der Waals surface area (Å²) >= 11 is 1.70. The molecule has 1 fully saturated rings. The summed E-state index contributed by atoms with van der Waals surface area (Å²) in [6, 6.07) is 8.21. The molecule has 0 aliphatic carbocycles. The standard InChI is InChI=1S/C13H16N2O2S2/c14-19(16,17)13-6-3-7-15(13)8-10-9-18-12-5-2-1-4-11(10)12/h1-2,4-5,9,13H,3,6-8H2,(H2,14,16,17). The van der Waals surface area contributed by atoms with Gasteiger partial charge in [-0.15, -0.1) is 11.3 Å². The summed E-state index contributed by atoms with van der Waals surface area (Å²) in [6.45, 7) is 1.45. The van der Waals surface area contributed by atoms with E-state index in [4.69, 9.17) is 5.14 Å². The number of thiophene rings is 1. The van der Waals surface area contributed by atoms with Crippen LogP contribution in [0.4, 0.5) is 0 Å².